The second kappa shape index (κ2) is 6.45. The zero-order valence-electron chi connectivity index (χ0n) is 11.7. The summed E-state index contributed by atoms with van der Waals surface area (Å²) in [6, 6.07) is 6.34. The molecular weight excluding hydrogens is 240 g/mol. The van der Waals surface area contributed by atoms with Crippen LogP contribution in [0, 0.1) is 0 Å². The summed E-state index contributed by atoms with van der Waals surface area (Å²) in [6.07, 6.45) is 4.72. The summed E-state index contributed by atoms with van der Waals surface area (Å²) in [6.45, 7) is 4.50. The number of rotatable bonds is 6. The van der Waals surface area contributed by atoms with E-state index >= 15 is 0 Å². The van der Waals surface area contributed by atoms with Crippen molar-refractivity contribution in [3.05, 3.63) is 18.2 Å². The third-order valence-corrected chi connectivity index (χ3v) is 3.38. The molecule has 0 saturated heterocycles. The molecule has 4 heteroatoms. The van der Waals surface area contributed by atoms with Crippen LogP contribution in [0.25, 0.3) is 0 Å². The highest BCUT2D eigenvalue weighted by Crippen LogP contribution is 2.31. The summed E-state index contributed by atoms with van der Waals surface area (Å²) < 4.78 is 5.35. The topological polar surface area (TPSA) is 50.4 Å². The fraction of sp³-hybridized carbons (Fsp3) is 0.533. The van der Waals surface area contributed by atoms with Crippen LogP contribution in [0.2, 0.25) is 0 Å². The van der Waals surface area contributed by atoms with E-state index in [1.54, 1.807) is 0 Å². The Balaban J connectivity index is 2.04. The molecule has 2 N–H and O–H groups in total. The lowest BCUT2D eigenvalue weighted by Gasteiger charge is -2.21. The summed E-state index contributed by atoms with van der Waals surface area (Å²) in [7, 11) is 0. The molecule has 1 aliphatic rings. The van der Waals surface area contributed by atoms with Gasteiger partial charge < -0.3 is 15.4 Å². The lowest BCUT2D eigenvalue weighted by Crippen LogP contribution is -2.25. The number of amides is 1. The van der Waals surface area contributed by atoms with Gasteiger partial charge in [-0.25, -0.2) is 0 Å². The van der Waals surface area contributed by atoms with Gasteiger partial charge in [-0.15, -0.1) is 0 Å². The van der Waals surface area contributed by atoms with Gasteiger partial charge in [0, 0.05) is 11.7 Å². The third kappa shape index (κ3) is 3.63. The maximum absolute atomic E-state index is 11.3. The lowest BCUT2D eigenvalue weighted by atomic mass is 10.1. The zero-order chi connectivity index (χ0) is 13.7. The van der Waals surface area contributed by atoms with Crippen molar-refractivity contribution in [3.8, 4) is 5.75 Å². The molecule has 0 spiro atoms. The maximum Gasteiger partial charge on any atom is 0.262 e. The predicted octanol–water partition coefficient (Wildman–Crippen LogP) is 3.40. The molecule has 104 valence electrons. The average molecular weight is 262 g/mol. The van der Waals surface area contributed by atoms with Gasteiger partial charge in [0.1, 0.15) is 5.75 Å². The SMILES string of the molecule is CCCCC(CC)Nc1ccc2c(c1)NC(=O)CO2. The van der Waals surface area contributed by atoms with Crippen molar-refractivity contribution < 1.29 is 9.53 Å². The maximum atomic E-state index is 11.3. The molecule has 19 heavy (non-hydrogen) atoms. The average Bonchev–Trinajstić information content (AvgIpc) is 2.43. The molecule has 0 saturated carbocycles. The number of anilines is 2. The van der Waals surface area contributed by atoms with Gasteiger partial charge in [-0.3, -0.25) is 4.79 Å². The predicted molar refractivity (Wildman–Crippen MR) is 77.8 cm³/mol. The summed E-state index contributed by atoms with van der Waals surface area (Å²) in [5, 5.41) is 6.35. The number of fused-ring (bicyclic) bond motifs is 1. The van der Waals surface area contributed by atoms with E-state index in [1.165, 1.54) is 19.3 Å². The Morgan fingerprint density at radius 2 is 2.26 bits per heavy atom. The Kier molecular flexibility index (Phi) is 4.66. The minimum absolute atomic E-state index is 0.0947. The van der Waals surface area contributed by atoms with Crippen molar-refractivity contribution in [2.75, 3.05) is 17.2 Å². The molecule has 2 rings (SSSR count). The Hall–Kier alpha value is -1.71. The standard InChI is InChI=1S/C15H22N2O2/c1-3-5-6-11(4-2)16-12-7-8-14-13(9-12)17-15(18)10-19-14/h7-9,11,16H,3-6,10H2,1-2H3,(H,17,18). The Labute approximate surface area is 114 Å². The van der Waals surface area contributed by atoms with Crippen LogP contribution in [-0.4, -0.2) is 18.6 Å². The minimum Gasteiger partial charge on any atom is -0.482 e. The Bertz CT molecular complexity index is 446. The molecule has 0 fully saturated rings. The number of benzene rings is 1. The second-order valence-electron chi connectivity index (χ2n) is 4.94. The summed E-state index contributed by atoms with van der Waals surface area (Å²) in [4.78, 5) is 11.3. The van der Waals surface area contributed by atoms with Crippen LogP contribution in [-0.2, 0) is 4.79 Å². The first-order valence-corrected chi connectivity index (χ1v) is 7.06. The van der Waals surface area contributed by atoms with Crippen LogP contribution in [0.3, 0.4) is 0 Å². The van der Waals surface area contributed by atoms with Crippen LogP contribution in [0.5, 0.6) is 5.75 Å². The van der Waals surface area contributed by atoms with Crippen molar-refractivity contribution in [2.24, 2.45) is 0 Å². The normalized spacial score (nSPS) is 15.2. The van der Waals surface area contributed by atoms with Gasteiger partial charge in [0.25, 0.3) is 5.91 Å². The number of hydrogen-bond donors (Lipinski definition) is 2. The van der Waals surface area contributed by atoms with Gasteiger partial charge >= 0.3 is 0 Å². The molecule has 0 aliphatic carbocycles. The molecule has 1 atom stereocenters. The molecule has 4 nitrogen and oxygen atoms in total. The quantitative estimate of drug-likeness (QED) is 0.826. The largest absolute Gasteiger partial charge is 0.482 e. The lowest BCUT2D eigenvalue weighted by molar-refractivity contribution is -0.118. The molecular formula is C15H22N2O2. The fourth-order valence-corrected chi connectivity index (χ4v) is 2.24. The number of carbonyl (C=O) groups is 1. The zero-order valence-corrected chi connectivity index (χ0v) is 11.7. The van der Waals surface area contributed by atoms with Crippen molar-refractivity contribution in [2.45, 2.75) is 45.6 Å². The highest BCUT2D eigenvalue weighted by molar-refractivity contribution is 5.96. The van der Waals surface area contributed by atoms with Crippen molar-refractivity contribution >= 4 is 17.3 Å². The number of carbonyl (C=O) groups excluding carboxylic acids is 1. The molecule has 1 aromatic rings. The third-order valence-electron chi connectivity index (χ3n) is 3.38. The number of unbranched alkanes of at least 4 members (excludes halogenated alkanes) is 1. The number of nitrogens with one attached hydrogen (secondary N) is 2. The fourth-order valence-electron chi connectivity index (χ4n) is 2.24. The van der Waals surface area contributed by atoms with E-state index in [4.69, 9.17) is 4.74 Å². The van der Waals surface area contributed by atoms with E-state index in [2.05, 4.69) is 24.5 Å². The summed E-state index contributed by atoms with van der Waals surface area (Å²) >= 11 is 0. The van der Waals surface area contributed by atoms with Crippen molar-refractivity contribution in [1.29, 1.82) is 0 Å². The monoisotopic (exact) mass is 262 g/mol. The van der Waals surface area contributed by atoms with Crippen LogP contribution < -0.4 is 15.4 Å². The molecule has 1 aliphatic heterocycles. The molecule has 1 aromatic carbocycles. The van der Waals surface area contributed by atoms with Gasteiger partial charge in [-0.2, -0.15) is 0 Å². The second-order valence-corrected chi connectivity index (χ2v) is 4.94. The highest BCUT2D eigenvalue weighted by Gasteiger charge is 2.16. The molecule has 1 unspecified atom stereocenters. The van der Waals surface area contributed by atoms with Crippen LogP contribution in [0.4, 0.5) is 11.4 Å². The summed E-state index contributed by atoms with van der Waals surface area (Å²) in [5.41, 5.74) is 1.79. The van der Waals surface area contributed by atoms with E-state index in [9.17, 15) is 4.79 Å². The molecule has 1 amide bonds. The van der Waals surface area contributed by atoms with Gasteiger partial charge in [0.15, 0.2) is 6.61 Å². The minimum atomic E-state index is -0.0947. The Morgan fingerprint density at radius 1 is 1.42 bits per heavy atom. The van der Waals surface area contributed by atoms with E-state index in [0.29, 0.717) is 6.04 Å². The first kappa shape index (κ1) is 13.7. The van der Waals surface area contributed by atoms with Crippen LogP contribution >= 0.6 is 0 Å². The first-order chi connectivity index (χ1) is 9.22. The van der Waals surface area contributed by atoms with Crippen molar-refractivity contribution in [3.63, 3.8) is 0 Å². The van der Waals surface area contributed by atoms with E-state index in [0.717, 1.165) is 23.5 Å². The van der Waals surface area contributed by atoms with Gasteiger partial charge in [0.05, 0.1) is 5.69 Å². The summed E-state index contributed by atoms with van der Waals surface area (Å²) in [5.74, 6) is 0.648. The van der Waals surface area contributed by atoms with Crippen LogP contribution in [0.15, 0.2) is 18.2 Å². The van der Waals surface area contributed by atoms with Crippen LogP contribution in [0.1, 0.15) is 39.5 Å². The van der Waals surface area contributed by atoms with Gasteiger partial charge in [-0.1, -0.05) is 26.7 Å². The van der Waals surface area contributed by atoms with E-state index in [-0.39, 0.29) is 12.5 Å². The molecule has 0 aromatic heterocycles. The molecule has 0 bridgehead atoms. The highest BCUT2D eigenvalue weighted by atomic mass is 16.5. The molecule has 0 radical (unpaired) electrons. The van der Waals surface area contributed by atoms with Gasteiger partial charge in [-0.05, 0) is 31.0 Å². The number of ether oxygens (including phenoxy) is 1. The Morgan fingerprint density at radius 3 is 3.00 bits per heavy atom. The van der Waals surface area contributed by atoms with E-state index < -0.39 is 0 Å². The number of hydrogen-bond acceptors (Lipinski definition) is 3. The van der Waals surface area contributed by atoms with E-state index in [1.807, 2.05) is 18.2 Å². The smallest absolute Gasteiger partial charge is 0.262 e. The molecule has 1 heterocycles. The van der Waals surface area contributed by atoms with Crippen molar-refractivity contribution in [1.82, 2.24) is 0 Å². The van der Waals surface area contributed by atoms with Gasteiger partial charge in [0.2, 0.25) is 0 Å². The first-order valence-electron chi connectivity index (χ1n) is 7.06.